The monoisotopic (exact) mass is 155 g/mol. The fourth-order valence-electron chi connectivity index (χ4n) is 2.23. The van der Waals surface area contributed by atoms with Crippen LogP contribution in [-0.2, 0) is 9.53 Å². The summed E-state index contributed by atoms with van der Waals surface area (Å²) in [6.45, 7) is 0. The van der Waals surface area contributed by atoms with E-state index >= 15 is 0 Å². The zero-order valence-electron chi connectivity index (χ0n) is 6.72. The number of carbonyl (C=O) groups excluding carboxylic acids is 1. The quantitative estimate of drug-likeness (QED) is 0.558. The van der Waals surface area contributed by atoms with Gasteiger partial charge in [-0.2, -0.15) is 0 Å². The maximum atomic E-state index is 11.2. The molecule has 0 radical (unpaired) electrons. The van der Waals surface area contributed by atoms with Crippen LogP contribution in [0.4, 0.5) is 0 Å². The first-order chi connectivity index (χ1) is 5.27. The van der Waals surface area contributed by atoms with Gasteiger partial charge in [0, 0.05) is 6.04 Å². The molecule has 3 heteroatoms. The van der Waals surface area contributed by atoms with Gasteiger partial charge in [0.15, 0.2) is 0 Å². The second-order valence-corrected chi connectivity index (χ2v) is 3.51. The Hall–Kier alpha value is -0.570. The normalized spacial score (nSPS) is 41.0. The molecule has 2 aliphatic heterocycles. The highest BCUT2D eigenvalue weighted by molar-refractivity contribution is 5.82. The predicted molar refractivity (Wildman–Crippen MR) is 40.1 cm³/mol. The van der Waals surface area contributed by atoms with Crippen molar-refractivity contribution in [3.8, 4) is 0 Å². The Bertz CT molecular complexity index is 179. The molecular formula is C8H13NO2. The van der Waals surface area contributed by atoms with E-state index in [-0.39, 0.29) is 11.5 Å². The summed E-state index contributed by atoms with van der Waals surface area (Å²) in [6, 6.07) is 0.586. The predicted octanol–water partition coefficient (Wildman–Crippen LogP) is 0.444. The first-order valence-electron chi connectivity index (χ1n) is 4.13. The molecule has 3 rings (SSSR count). The third-order valence-corrected chi connectivity index (χ3v) is 2.81. The molecule has 62 valence electrons. The molecule has 3 nitrogen and oxygen atoms in total. The standard InChI is InChI=1S/C8H13NO2/c1-11-7(10)8-4-2-3-6(5-8)9-8/h6,9H,2-5H2,1H3. The molecule has 1 aliphatic carbocycles. The summed E-state index contributed by atoms with van der Waals surface area (Å²) < 4.78 is 4.73. The SMILES string of the molecule is COC(=O)C12CCCC(C1)N2. The van der Waals surface area contributed by atoms with E-state index in [1.807, 2.05) is 0 Å². The average molecular weight is 155 g/mol. The fourth-order valence-corrected chi connectivity index (χ4v) is 2.23. The van der Waals surface area contributed by atoms with Crippen molar-refractivity contribution >= 4 is 5.97 Å². The van der Waals surface area contributed by atoms with Crippen LogP contribution < -0.4 is 5.32 Å². The van der Waals surface area contributed by atoms with Crippen molar-refractivity contribution in [2.45, 2.75) is 37.3 Å². The van der Waals surface area contributed by atoms with Crippen molar-refractivity contribution in [1.82, 2.24) is 5.32 Å². The van der Waals surface area contributed by atoms with Gasteiger partial charge in [-0.1, -0.05) is 0 Å². The molecule has 1 saturated carbocycles. The van der Waals surface area contributed by atoms with E-state index in [0.717, 1.165) is 19.3 Å². The van der Waals surface area contributed by atoms with Crippen LogP contribution in [-0.4, -0.2) is 24.7 Å². The first-order valence-corrected chi connectivity index (χ1v) is 4.13. The van der Waals surface area contributed by atoms with Crippen molar-refractivity contribution in [3.63, 3.8) is 0 Å². The smallest absolute Gasteiger partial charge is 0.326 e. The third-order valence-electron chi connectivity index (χ3n) is 2.81. The van der Waals surface area contributed by atoms with E-state index in [1.54, 1.807) is 0 Å². The molecule has 3 fully saturated rings. The van der Waals surface area contributed by atoms with Crippen molar-refractivity contribution in [1.29, 1.82) is 0 Å². The van der Waals surface area contributed by atoms with Gasteiger partial charge in [0.05, 0.1) is 7.11 Å². The lowest BCUT2D eigenvalue weighted by Gasteiger charge is -2.51. The van der Waals surface area contributed by atoms with E-state index in [9.17, 15) is 4.79 Å². The molecule has 2 atom stereocenters. The summed E-state index contributed by atoms with van der Waals surface area (Å²) in [4.78, 5) is 11.2. The average Bonchev–Trinajstić information content (AvgIpc) is 2.02. The Balaban J connectivity index is 2.06. The summed E-state index contributed by atoms with van der Waals surface area (Å²) in [5.41, 5.74) is -0.280. The minimum Gasteiger partial charge on any atom is -0.468 e. The Labute approximate surface area is 66.1 Å². The molecular weight excluding hydrogens is 142 g/mol. The van der Waals surface area contributed by atoms with Gasteiger partial charge in [0.1, 0.15) is 5.54 Å². The lowest BCUT2D eigenvalue weighted by Crippen LogP contribution is -2.70. The number of rotatable bonds is 1. The highest BCUT2D eigenvalue weighted by Gasteiger charge is 2.52. The Morgan fingerprint density at radius 3 is 2.91 bits per heavy atom. The number of methoxy groups -OCH3 is 1. The van der Waals surface area contributed by atoms with Crippen LogP contribution in [0.3, 0.4) is 0 Å². The highest BCUT2D eigenvalue weighted by Crippen LogP contribution is 2.38. The molecule has 11 heavy (non-hydrogen) atoms. The van der Waals surface area contributed by atoms with Gasteiger partial charge in [-0.05, 0) is 25.7 Å². The summed E-state index contributed by atoms with van der Waals surface area (Å²) in [5.74, 6) is -0.0755. The molecule has 0 amide bonds. The number of esters is 1. The minimum atomic E-state index is -0.280. The van der Waals surface area contributed by atoms with E-state index in [4.69, 9.17) is 4.74 Å². The zero-order chi connectivity index (χ0) is 7.90. The molecule has 2 saturated heterocycles. The van der Waals surface area contributed by atoms with Gasteiger partial charge in [-0.3, -0.25) is 10.1 Å². The molecule has 0 aromatic rings. The summed E-state index contributed by atoms with van der Waals surface area (Å²) in [7, 11) is 1.46. The van der Waals surface area contributed by atoms with E-state index < -0.39 is 0 Å². The number of nitrogens with one attached hydrogen (secondary N) is 1. The first kappa shape index (κ1) is 7.10. The molecule has 2 bridgehead atoms. The second-order valence-electron chi connectivity index (χ2n) is 3.51. The van der Waals surface area contributed by atoms with Gasteiger partial charge in [-0.25, -0.2) is 0 Å². The molecule has 0 aromatic carbocycles. The van der Waals surface area contributed by atoms with Crippen LogP contribution in [0.15, 0.2) is 0 Å². The Morgan fingerprint density at radius 1 is 1.73 bits per heavy atom. The zero-order valence-corrected chi connectivity index (χ0v) is 6.72. The lowest BCUT2D eigenvalue weighted by atomic mass is 9.71. The second kappa shape index (κ2) is 2.21. The van der Waals surface area contributed by atoms with Crippen LogP contribution in [0.2, 0.25) is 0 Å². The molecule has 2 heterocycles. The molecule has 0 aromatic heterocycles. The lowest BCUT2D eigenvalue weighted by molar-refractivity contribution is -0.156. The third kappa shape index (κ3) is 0.872. The number of hydrogen-bond acceptors (Lipinski definition) is 3. The molecule has 2 unspecified atom stereocenters. The summed E-state index contributed by atoms with van der Waals surface area (Å²) in [6.07, 6.45) is 4.32. The Morgan fingerprint density at radius 2 is 2.45 bits per heavy atom. The van der Waals surface area contributed by atoms with Crippen LogP contribution in [0.25, 0.3) is 0 Å². The number of piperidine rings is 1. The molecule has 1 N–H and O–H groups in total. The molecule has 0 spiro atoms. The summed E-state index contributed by atoms with van der Waals surface area (Å²) >= 11 is 0. The van der Waals surface area contributed by atoms with Crippen LogP contribution in [0.5, 0.6) is 0 Å². The van der Waals surface area contributed by atoms with Gasteiger partial charge in [0.25, 0.3) is 0 Å². The maximum absolute atomic E-state index is 11.2. The summed E-state index contributed by atoms with van der Waals surface area (Å²) in [5, 5.41) is 3.27. The van der Waals surface area contributed by atoms with Gasteiger partial charge >= 0.3 is 5.97 Å². The fraction of sp³-hybridized carbons (Fsp3) is 0.875. The van der Waals surface area contributed by atoms with Crippen molar-refractivity contribution in [3.05, 3.63) is 0 Å². The number of ether oxygens (including phenoxy) is 1. The topological polar surface area (TPSA) is 38.3 Å². The number of fused-ring (bicyclic) bond motifs is 2. The highest BCUT2D eigenvalue weighted by atomic mass is 16.5. The van der Waals surface area contributed by atoms with E-state index in [0.29, 0.717) is 6.04 Å². The largest absolute Gasteiger partial charge is 0.468 e. The van der Waals surface area contributed by atoms with Gasteiger partial charge < -0.3 is 4.74 Å². The van der Waals surface area contributed by atoms with Crippen LogP contribution >= 0.6 is 0 Å². The van der Waals surface area contributed by atoms with Gasteiger partial charge in [-0.15, -0.1) is 0 Å². The van der Waals surface area contributed by atoms with Crippen LogP contribution in [0, 0.1) is 0 Å². The van der Waals surface area contributed by atoms with Crippen molar-refractivity contribution in [2.24, 2.45) is 0 Å². The Kier molecular flexibility index (Phi) is 1.42. The minimum absolute atomic E-state index is 0.0755. The van der Waals surface area contributed by atoms with Crippen molar-refractivity contribution < 1.29 is 9.53 Å². The van der Waals surface area contributed by atoms with Crippen LogP contribution in [0.1, 0.15) is 25.7 Å². The maximum Gasteiger partial charge on any atom is 0.326 e. The van der Waals surface area contributed by atoms with E-state index in [2.05, 4.69) is 5.32 Å². The van der Waals surface area contributed by atoms with Crippen molar-refractivity contribution in [2.75, 3.05) is 7.11 Å². The molecule has 3 aliphatic rings. The number of hydrogen-bond donors (Lipinski definition) is 1. The van der Waals surface area contributed by atoms with Gasteiger partial charge in [0.2, 0.25) is 0 Å². The van der Waals surface area contributed by atoms with E-state index in [1.165, 1.54) is 13.5 Å². The number of carbonyl (C=O) groups is 1.